The summed E-state index contributed by atoms with van der Waals surface area (Å²) in [6.07, 6.45) is -4.72. The highest BCUT2D eigenvalue weighted by Gasteiger charge is 2.35. The van der Waals surface area contributed by atoms with E-state index < -0.39 is 17.7 Å². The Hall–Kier alpha value is -3.79. The molecule has 5 rings (SSSR count). The fourth-order valence-electron chi connectivity index (χ4n) is 3.09. The zero-order valence-corrected chi connectivity index (χ0v) is 16.6. The van der Waals surface area contributed by atoms with Crippen molar-refractivity contribution in [2.24, 2.45) is 0 Å². The van der Waals surface area contributed by atoms with Crippen molar-refractivity contribution in [3.63, 3.8) is 0 Å². The topological polar surface area (TPSA) is 69.1 Å². The van der Waals surface area contributed by atoms with Crippen LogP contribution in [0.4, 0.5) is 17.6 Å². The molecule has 0 unspecified atom stereocenters. The van der Waals surface area contributed by atoms with Crippen LogP contribution in [0.5, 0.6) is 0 Å². The molecular formula is C21H10ClF4N5O. The molecular weight excluding hydrogens is 450 g/mol. The van der Waals surface area contributed by atoms with Gasteiger partial charge in [0.05, 0.1) is 5.69 Å². The van der Waals surface area contributed by atoms with Crippen LogP contribution in [0.15, 0.2) is 65.2 Å². The highest BCUT2D eigenvalue weighted by atomic mass is 35.5. The molecule has 3 aromatic heterocycles. The largest absolute Gasteiger partial charge is 0.433 e. The molecule has 11 heteroatoms. The van der Waals surface area contributed by atoms with Gasteiger partial charge in [-0.3, -0.25) is 0 Å². The van der Waals surface area contributed by atoms with E-state index >= 15 is 0 Å². The maximum Gasteiger partial charge on any atom is 0.433 e. The van der Waals surface area contributed by atoms with Gasteiger partial charge in [0.2, 0.25) is 5.82 Å². The lowest BCUT2D eigenvalue weighted by atomic mass is 10.1. The van der Waals surface area contributed by atoms with Gasteiger partial charge in [-0.05, 0) is 54.6 Å². The van der Waals surface area contributed by atoms with E-state index in [1.54, 1.807) is 24.3 Å². The van der Waals surface area contributed by atoms with Crippen LogP contribution in [0.3, 0.4) is 0 Å². The molecule has 0 N–H and O–H groups in total. The van der Waals surface area contributed by atoms with Crippen molar-refractivity contribution in [1.82, 2.24) is 24.7 Å². The Labute approximate surface area is 182 Å². The van der Waals surface area contributed by atoms with Crippen molar-refractivity contribution in [1.29, 1.82) is 0 Å². The van der Waals surface area contributed by atoms with Crippen LogP contribution >= 0.6 is 11.6 Å². The fourth-order valence-corrected chi connectivity index (χ4v) is 3.22. The Morgan fingerprint density at radius 3 is 2.22 bits per heavy atom. The molecule has 0 aliphatic rings. The number of hydrogen-bond acceptors (Lipinski definition) is 5. The maximum absolute atomic E-state index is 13.7. The summed E-state index contributed by atoms with van der Waals surface area (Å²) in [5.74, 6) is -0.355. The van der Waals surface area contributed by atoms with Crippen molar-refractivity contribution in [2.75, 3.05) is 0 Å². The molecule has 160 valence electrons. The van der Waals surface area contributed by atoms with Crippen LogP contribution < -0.4 is 0 Å². The smallest absolute Gasteiger partial charge is 0.332 e. The molecule has 3 heterocycles. The number of halogens is 5. The predicted molar refractivity (Wildman–Crippen MR) is 107 cm³/mol. The Morgan fingerprint density at radius 2 is 1.53 bits per heavy atom. The van der Waals surface area contributed by atoms with Gasteiger partial charge >= 0.3 is 6.18 Å². The maximum atomic E-state index is 13.7. The van der Waals surface area contributed by atoms with Crippen molar-refractivity contribution in [2.45, 2.75) is 6.18 Å². The van der Waals surface area contributed by atoms with Gasteiger partial charge < -0.3 is 4.52 Å². The lowest BCUT2D eigenvalue weighted by molar-refractivity contribution is -0.142. The van der Waals surface area contributed by atoms with Crippen molar-refractivity contribution >= 4 is 17.2 Å². The minimum Gasteiger partial charge on any atom is -0.332 e. The van der Waals surface area contributed by atoms with Crippen LogP contribution in [0.2, 0.25) is 5.02 Å². The summed E-state index contributed by atoms with van der Waals surface area (Å²) in [5, 5.41) is 8.36. The van der Waals surface area contributed by atoms with Crippen molar-refractivity contribution < 1.29 is 22.1 Å². The van der Waals surface area contributed by atoms with Gasteiger partial charge in [-0.15, -0.1) is 0 Å². The highest BCUT2D eigenvalue weighted by molar-refractivity contribution is 6.30. The number of fused-ring (bicyclic) bond motifs is 1. The van der Waals surface area contributed by atoms with Crippen molar-refractivity contribution in [3.8, 4) is 34.2 Å². The minimum atomic E-state index is -4.72. The summed E-state index contributed by atoms with van der Waals surface area (Å²) in [5.41, 5.74) is -0.160. The Kier molecular flexibility index (Phi) is 4.66. The second-order valence-electron chi connectivity index (χ2n) is 6.76. The molecule has 0 saturated heterocycles. The minimum absolute atomic E-state index is 0.0173. The summed E-state index contributed by atoms with van der Waals surface area (Å²) in [6.45, 7) is 0. The van der Waals surface area contributed by atoms with Gasteiger partial charge in [-0.1, -0.05) is 16.8 Å². The van der Waals surface area contributed by atoms with Crippen LogP contribution in [-0.2, 0) is 6.18 Å². The standard InChI is InChI=1S/C21H10ClF4N5O/c22-13-5-1-12(2-6-13)19-28-20(32-30-19)16-10-18-27-15(11-3-7-14(23)8-4-11)9-17(21(24,25)26)31(18)29-16/h1-10H. The zero-order valence-electron chi connectivity index (χ0n) is 15.8. The van der Waals surface area contributed by atoms with Crippen molar-refractivity contribution in [3.05, 3.63) is 77.2 Å². The Balaban J connectivity index is 1.61. The summed E-state index contributed by atoms with van der Waals surface area (Å²) in [4.78, 5) is 8.45. The summed E-state index contributed by atoms with van der Waals surface area (Å²) < 4.78 is 60.3. The van der Waals surface area contributed by atoms with Crippen LogP contribution in [0.1, 0.15) is 5.69 Å². The summed E-state index contributed by atoms with van der Waals surface area (Å²) in [6, 6.07) is 13.8. The molecule has 0 radical (unpaired) electrons. The number of nitrogens with zero attached hydrogens (tertiary/aromatic N) is 5. The molecule has 6 nitrogen and oxygen atoms in total. The second-order valence-corrected chi connectivity index (χ2v) is 7.20. The number of alkyl halides is 3. The monoisotopic (exact) mass is 459 g/mol. The summed E-state index contributed by atoms with van der Waals surface area (Å²) >= 11 is 5.87. The normalized spacial score (nSPS) is 11.9. The quantitative estimate of drug-likeness (QED) is 0.313. The van der Waals surface area contributed by atoms with Crippen LogP contribution in [0.25, 0.3) is 39.9 Å². The second kappa shape index (κ2) is 7.41. The molecule has 0 aliphatic heterocycles. The zero-order chi connectivity index (χ0) is 22.5. The molecule has 0 fully saturated rings. The first-order valence-corrected chi connectivity index (χ1v) is 9.50. The van der Waals surface area contributed by atoms with E-state index in [0.29, 0.717) is 20.7 Å². The van der Waals surface area contributed by atoms with Gasteiger partial charge in [-0.2, -0.15) is 23.3 Å². The Morgan fingerprint density at radius 1 is 0.844 bits per heavy atom. The van der Waals surface area contributed by atoms with Gasteiger partial charge in [0.1, 0.15) is 5.82 Å². The van der Waals surface area contributed by atoms with E-state index in [9.17, 15) is 17.6 Å². The number of benzene rings is 2. The third-order valence-corrected chi connectivity index (χ3v) is 4.86. The Bertz CT molecular complexity index is 1430. The van der Waals surface area contributed by atoms with Gasteiger partial charge in [0.15, 0.2) is 17.0 Å². The summed E-state index contributed by atoms with van der Waals surface area (Å²) in [7, 11) is 0. The van der Waals surface area contributed by atoms with E-state index in [1.807, 2.05) is 0 Å². The fraction of sp³-hybridized carbons (Fsp3) is 0.0476. The molecule has 0 bridgehead atoms. The number of hydrogen-bond donors (Lipinski definition) is 0. The van der Waals surface area contributed by atoms with Crippen LogP contribution in [0, 0.1) is 5.82 Å². The highest BCUT2D eigenvalue weighted by Crippen LogP contribution is 2.33. The first kappa shape index (κ1) is 20.1. The van der Waals surface area contributed by atoms with Gasteiger partial charge in [-0.25, -0.2) is 13.9 Å². The molecule has 2 aromatic carbocycles. The molecule has 5 aromatic rings. The lowest BCUT2D eigenvalue weighted by Gasteiger charge is -2.11. The molecule has 0 amide bonds. The van der Waals surface area contributed by atoms with E-state index in [4.69, 9.17) is 16.1 Å². The van der Waals surface area contributed by atoms with Gasteiger partial charge in [0, 0.05) is 22.2 Å². The third-order valence-electron chi connectivity index (χ3n) is 4.61. The van der Waals surface area contributed by atoms with Gasteiger partial charge in [0.25, 0.3) is 5.89 Å². The number of rotatable bonds is 3. The number of aromatic nitrogens is 5. The molecule has 0 aliphatic carbocycles. The molecule has 0 atom stereocenters. The predicted octanol–water partition coefficient (Wildman–Crippen LogP) is 5.92. The average molecular weight is 460 g/mol. The van der Waals surface area contributed by atoms with Crippen LogP contribution in [-0.4, -0.2) is 24.7 Å². The third kappa shape index (κ3) is 3.69. The first-order valence-electron chi connectivity index (χ1n) is 9.12. The average Bonchev–Trinajstić information content (AvgIpc) is 3.40. The molecule has 0 spiro atoms. The molecule has 0 saturated carbocycles. The van der Waals surface area contributed by atoms with E-state index in [1.165, 1.54) is 18.2 Å². The van der Waals surface area contributed by atoms with E-state index in [-0.39, 0.29) is 28.8 Å². The first-order chi connectivity index (χ1) is 15.3. The lowest BCUT2D eigenvalue weighted by Crippen LogP contribution is -2.13. The SMILES string of the molecule is Fc1ccc(-c2cc(C(F)(F)F)n3nc(-c4nc(-c5ccc(Cl)cc5)no4)cc3n2)cc1. The van der Waals surface area contributed by atoms with E-state index in [0.717, 1.165) is 18.2 Å². The molecule has 32 heavy (non-hydrogen) atoms. The van der Waals surface area contributed by atoms with E-state index in [2.05, 4.69) is 20.2 Å².